The van der Waals surface area contributed by atoms with Crippen molar-refractivity contribution in [3.63, 3.8) is 0 Å². The Bertz CT molecular complexity index is 835. The third kappa shape index (κ3) is 4.24. The molecule has 0 aliphatic carbocycles. The Labute approximate surface area is 136 Å². The van der Waals surface area contributed by atoms with Gasteiger partial charge >= 0.3 is 6.18 Å². The highest BCUT2D eigenvalue weighted by Crippen LogP contribution is 2.30. The molecule has 2 aromatic carbocycles. The van der Waals surface area contributed by atoms with E-state index < -0.39 is 32.5 Å². The fraction of sp³-hybridized carbons (Fsp3) is 0.200. The summed E-state index contributed by atoms with van der Waals surface area (Å²) in [7, 11) is -2.95. The molecule has 0 atom stereocenters. The molecule has 0 aliphatic heterocycles. The van der Waals surface area contributed by atoms with Gasteiger partial charge in [0.05, 0.1) is 12.7 Å². The second-order valence-electron chi connectivity index (χ2n) is 4.82. The largest absolute Gasteiger partial charge is 0.495 e. The third-order valence-corrected chi connectivity index (χ3v) is 4.56. The van der Waals surface area contributed by atoms with E-state index in [1.807, 2.05) is 0 Å². The number of benzene rings is 2. The standard InChI is InChI=1S/C15H13F4NO3S/c1-23-13-6-5-12(16)8-14(13)24(21,22)20-9-10-3-2-4-11(7-10)15(17,18)19/h2-8,20H,9H2,1H3. The van der Waals surface area contributed by atoms with Crippen LogP contribution in [-0.2, 0) is 22.7 Å². The van der Waals surface area contributed by atoms with Gasteiger partial charge in [-0.15, -0.1) is 0 Å². The maximum Gasteiger partial charge on any atom is 0.416 e. The van der Waals surface area contributed by atoms with Crippen molar-refractivity contribution >= 4 is 10.0 Å². The molecule has 130 valence electrons. The van der Waals surface area contributed by atoms with E-state index in [-0.39, 0.29) is 17.9 Å². The lowest BCUT2D eigenvalue weighted by Crippen LogP contribution is -2.24. The molecule has 2 rings (SSSR count). The first-order valence-corrected chi connectivity index (χ1v) is 8.11. The molecule has 4 nitrogen and oxygen atoms in total. The van der Waals surface area contributed by atoms with Gasteiger partial charge in [-0.25, -0.2) is 17.5 Å². The van der Waals surface area contributed by atoms with Gasteiger partial charge in [-0.1, -0.05) is 18.2 Å². The Morgan fingerprint density at radius 2 is 1.83 bits per heavy atom. The lowest BCUT2D eigenvalue weighted by molar-refractivity contribution is -0.137. The van der Waals surface area contributed by atoms with Crippen LogP contribution in [-0.4, -0.2) is 15.5 Å². The predicted octanol–water partition coefficient (Wildman–Crippen LogP) is 3.33. The topological polar surface area (TPSA) is 55.4 Å². The number of hydrogen-bond acceptors (Lipinski definition) is 3. The molecule has 0 fully saturated rings. The Hall–Kier alpha value is -2.13. The molecular formula is C15H13F4NO3S. The highest BCUT2D eigenvalue weighted by atomic mass is 32.2. The average molecular weight is 363 g/mol. The summed E-state index contributed by atoms with van der Waals surface area (Å²) in [5.41, 5.74) is -0.772. The minimum Gasteiger partial charge on any atom is -0.495 e. The van der Waals surface area contributed by atoms with Gasteiger partial charge in [-0.2, -0.15) is 13.2 Å². The number of nitrogens with one attached hydrogen (secondary N) is 1. The van der Waals surface area contributed by atoms with E-state index >= 15 is 0 Å². The molecule has 0 radical (unpaired) electrons. The van der Waals surface area contributed by atoms with E-state index in [1.165, 1.54) is 19.2 Å². The Morgan fingerprint density at radius 1 is 1.12 bits per heavy atom. The van der Waals surface area contributed by atoms with Gasteiger partial charge in [-0.05, 0) is 29.8 Å². The molecule has 0 saturated carbocycles. The van der Waals surface area contributed by atoms with Crippen LogP contribution < -0.4 is 9.46 Å². The number of hydrogen-bond donors (Lipinski definition) is 1. The van der Waals surface area contributed by atoms with Crippen molar-refractivity contribution in [3.8, 4) is 5.75 Å². The second kappa shape index (κ2) is 6.78. The molecule has 1 N–H and O–H groups in total. The first-order valence-electron chi connectivity index (χ1n) is 6.63. The first-order chi connectivity index (χ1) is 11.1. The van der Waals surface area contributed by atoms with Gasteiger partial charge in [0.1, 0.15) is 16.5 Å². The fourth-order valence-electron chi connectivity index (χ4n) is 1.97. The molecule has 0 spiro atoms. The van der Waals surface area contributed by atoms with Crippen LogP contribution in [0.4, 0.5) is 17.6 Å². The highest BCUT2D eigenvalue weighted by molar-refractivity contribution is 7.89. The van der Waals surface area contributed by atoms with Crippen molar-refractivity contribution in [3.05, 3.63) is 59.4 Å². The fourth-order valence-corrected chi connectivity index (χ4v) is 3.17. The van der Waals surface area contributed by atoms with Crippen LogP contribution in [0.1, 0.15) is 11.1 Å². The number of alkyl halides is 3. The van der Waals surface area contributed by atoms with Crippen LogP contribution in [0, 0.1) is 5.82 Å². The van der Waals surface area contributed by atoms with Crippen LogP contribution in [0.15, 0.2) is 47.4 Å². The van der Waals surface area contributed by atoms with E-state index in [9.17, 15) is 26.0 Å². The molecule has 0 saturated heterocycles. The number of sulfonamides is 1. The molecule has 0 heterocycles. The highest BCUT2D eigenvalue weighted by Gasteiger charge is 2.30. The molecule has 2 aromatic rings. The zero-order valence-corrected chi connectivity index (χ0v) is 13.2. The Balaban J connectivity index is 2.24. The van der Waals surface area contributed by atoms with Gasteiger partial charge in [0.2, 0.25) is 10.0 Å². The van der Waals surface area contributed by atoms with E-state index in [4.69, 9.17) is 4.74 Å². The molecule has 0 amide bonds. The first kappa shape index (κ1) is 18.2. The van der Waals surface area contributed by atoms with Gasteiger partial charge in [0, 0.05) is 6.54 Å². The van der Waals surface area contributed by atoms with E-state index in [0.717, 1.165) is 30.3 Å². The van der Waals surface area contributed by atoms with E-state index in [1.54, 1.807) is 0 Å². The van der Waals surface area contributed by atoms with Crippen LogP contribution in [0.3, 0.4) is 0 Å². The van der Waals surface area contributed by atoms with Crippen molar-refractivity contribution in [2.75, 3.05) is 7.11 Å². The van der Waals surface area contributed by atoms with Crippen molar-refractivity contribution in [1.29, 1.82) is 0 Å². The number of ether oxygens (including phenoxy) is 1. The normalized spacial score (nSPS) is 12.2. The SMILES string of the molecule is COc1ccc(F)cc1S(=O)(=O)NCc1cccc(C(F)(F)F)c1. The summed E-state index contributed by atoms with van der Waals surface area (Å²) >= 11 is 0. The quantitative estimate of drug-likeness (QED) is 0.829. The number of methoxy groups -OCH3 is 1. The van der Waals surface area contributed by atoms with Crippen LogP contribution in [0.5, 0.6) is 5.75 Å². The smallest absolute Gasteiger partial charge is 0.416 e. The van der Waals surface area contributed by atoms with Crippen LogP contribution >= 0.6 is 0 Å². The van der Waals surface area contributed by atoms with Gasteiger partial charge in [0.25, 0.3) is 0 Å². The summed E-state index contributed by atoms with van der Waals surface area (Å²) < 4.78 is 82.7. The van der Waals surface area contributed by atoms with Crippen molar-refractivity contribution in [2.24, 2.45) is 0 Å². The minimum atomic E-state index is -4.53. The number of halogens is 4. The summed E-state index contributed by atoms with van der Waals surface area (Å²) in [4.78, 5) is -0.433. The monoisotopic (exact) mass is 363 g/mol. The maximum absolute atomic E-state index is 13.3. The lowest BCUT2D eigenvalue weighted by Gasteiger charge is -2.12. The van der Waals surface area contributed by atoms with Crippen LogP contribution in [0.25, 0.3) is 0 Å². The Kier molecular flexibility index (Phi) is 5.14. The summed E-state index contributed by atoms with van der Waals surface area (Å²) in [6.07, 6.45) is -4.53. The van der Waals surface area contributed by atoms with E-state index in [0.29, 0.717) is 0 Å². The van der Waals surface area contributed by atoms with E-state index in [2.05, 4.69) is 4.72 Å². The second-order valence-corrected chi connectivity index (χ2v) is 6.55. The molecular weight excluding hydrogens is 350 g/mol. The van der Waals surface area contributed by atoms with Gasteiger partial charge in [-0.3, -0.25) is 0 Å². The van der Waals surface area contributed by atoms with Crippen molar-refractivity contribution in [2.45, 2.75) is 17.6 Å². The zero-order valence-electron chi connectivity index (χ0n) is 12.4. The predicted molar refractivity (Wildman–Crippen MR) is 78.4 cm³/mol. The number of rotatable bonds is 5. The molecule has 9 heteroatoms. The molecule has 0 bridgehead atoms. The zero-order chi connectivity index (χ0) is 18.0. The van der Waals surface area contributed by atoms with Gasteiger partial charge in [0.15, 0.2) is 0 Å². The molecule has 0 unspecified atom stereocenters. The Morgan fingerprint density at radius 3 is 2.46 bits per heavy atom. The average Bonchev–Trinajstić information content (AvgIpc) is 2.52. The van der Waals surface area contributed by atoms with Gasteiger partial charge < -0.3 is 4.74 Å². The van der Waals surface area contributed by atoms with Crippen molar-refractivity contribution in [1.82, 2.24) is 4.72 Å². The summed E-state index contributed by atoms with van der Waals surface area (Å²) in [6.45, 7) is -0.383. The summed E-state index contributed by atoms with van der Waals surface area (Å²) in [6, 6.07) is 7.20. The minimum absolute atomic E-state index is 0.0760. The van der Waals surface area contributed by atoms with Crippen molar-refractivity contribution < 1.29 is 30.7 Å². The maximum atomic E-state index is 13.3. The summed E-state index contributed by atoms with van der Waals surface area (Å²) in [5, 5.41) is 0. The molecule has 24 heavy (non-hydrogen) atoms. The molecule has 0 aliphatic rings. The van der Waals surface area contributed by atoms with Crippen LogP contribution in [0.2, 0.25) is 0 Å². The summed E-state index contributed by atoms with van der Waals surface area (Å²) in [5.74, 6) is -0.858. The lowest BCUT2D eigenvalue weighted by atomic mass is 10.1. The molecule has 0 aromatic heterocycles. The third-order valence-electron chi connectivity index (χ3n) is 3.14.